The van der Waals surface area contributed by atoms with Gasteiger partial charge in [-0.05, 0) is 36.5 Å². The van der Waals surface area contributed by atoms with E-state index in [1.807, 2.05) is 48.5 Å². The van der Waals surface area contributed by atoms with Crippen LogP contribution in [0.15, 0.2) is 59.8 Å². The van der Waals surface area contributed by atoms with Crippen molar-refractivity contribution in [1.29, 1.82) is 0 Å². The van der Waals surface area contributed by atoms with E-state index in [4.69, 9.17) is 16.3 Å². The number of carbonyl (C=O) groups is 1. The molecule has 8 heteroatoms. The number of hydrogen-bond acceptors (Lipinski definition) is 5. The summed E-state index contributed by atoms with van der Waals surface area (Å²) in [5.41, 5.74) is 1.11. The maximum absolute atomic E-state index is 12.7. The number of ether oxygens (including phenoxy) is 1. The molecule has 3 aromatic rings. The van der Waals surface area contributed by atoms with Crippen molar-refractivity contribution < 1.29 is 9.53 Å². The number of aromatic nitrogens is 3. The Labute approximate surface area is 197 Å². The van der Waals surface area contributed by atoms with E-state index in [2.05, 4.69) is 33.9 Å². The van der Waals surface area contributed by atoms with Crippen LogP contribution in [0.5, 0.6) is 5.75 Å². The van der Waals surface area contributed by atoms with Crippen molar-refractivity contribution in [2.24, 2.45) is 5.92 Å². The first-order valence-corrected chi connectivity index (χ1v) is 12.2. The second kappa shape index (κ2) is 10.4. The van der Waals surface area contributed by atoms with Gasteiger partial charge >= 0.3 is 0 Å². The van der Waals surface area contributed by atoms with E-state index in [0.717, 1.165) is 29.4 Å². The first-order chi connectivity index (χ1) is 15.5. The lowest BCUT2D eigenvalue weighted by Crippen LogP contribution is -2.33. The molecule has 1 aromatic heterocycles. The van der Waals surface area contributed by atoms with Crippen LogP contribution >= 0.6 is 23.4 Å². The Morgan fingerprint density at radius 3 is 2.56 bits per heavy atom. The van der Waals surface area contributed by atoms with E-state index in [9.17, 15) is 4.79 Å². The van der Waals surface area contributed by atoms with Gasteiger partial charge in [0.15, 0.2) is 11.0 Å². The summed E-state index contributed by atoms with van der Waals surface area (Å²) in [6, 6.07) is 17.8. The third-order valence-corrected chi connectivity index (χ3v) is 6.57. The quantitative estimate of drug-likeness (QED) is 0.399. The molecule has 32 heavy (non-hydrogen) atoms. The minimum absolute atomic E-state index is 0.0169. The summed E-state index contributed by atoms with van der Waals surface area (Å²) in [5.74, 6) is 1.92. The summed E-state index contributed by atoms with van der Waals surface area (Å²) in [7, 11) is 0. The first-order valence-electron chi connectivity index (χ1n) is 10.8. The highest BCUT2D eigenvalue weighted by molar-refractivity contribution is 7.99. The zero-order valence-electron chi connectivity index (χ0n) is 18.2. The van der Waals surface area contributed by atoms with E-state index in [1.165, 1.54) is 11.8 Å². The Bertz CT molecular complexity index is 1050. The molecule has 0 aliphatic heterocycles. The van der Waals surface area contributed by atoms with Gasteiger partial charge < -0.3 is 10.1 Å². The van der Waals surface area contributed by atoms with Crippen LogP contribution in [-0.4, -0.2) is 26.4 Å². The van der Waals surface area contributed by atoms with Crippen LogP contribution < -0.4 is 10.1 Å². The SMILES string of the molecule is CC(C)C(NC(=O)CSc1nnc(COc2ccccc2Cl)n1C1CC1)c1ccccc1. The molecule has 1 aliphatic rings. The summed E-state index contributed by atoms with van der Waals surface area (Å²) in [5, 5.41) is 13.2. The average Bonchev–Trinajstić information content (AvgIpc) is 3.55. The number of amides is 1. The minimum Gasteiger partial charge on any atom is -0.484 e. The van der Waals surface area contributed by atoms with Crippen LogP contribution in [0.4, 0.5) is 0 Å². The van der Waals surface area contributed by atoms with Crippen molar-refractivity contribution in [3.05, 3.63) is 71.0 Å². The lowest BCUT2D eigenvalue weighted by atomic mass is 9.96. The summed E-state index contributed by atoms with van der Waals surface area (Å²) >= 11 is 7.60. The van der Waals surface area contributed by atoms with Gasteiger partial charge in [0.05, 0.1) is 16.8 Å². The molecule has 2 aromatic carbocycles. The molecule has 4 rings (SSSR count). The monoisotopic (exact) mass is 470 g/mol. The molecule has 0 spiro atoms. The molecule has 1 fully saturated rings. The van der Waals surface area contributed by atoms with Crippen molar-refractivity contribution in [2.75, 3.05) is 5.75 Å². The van der Waals surface area contributed by atoms with E-state index in [-0.39, 0.29) is 30.2 Å². The van der Waals surface area contributed by atoms with E-state index >= 15 is 0 Å². The highest BCUT2D eigenvalue weighted by Crippen LogP contribution is 2.39. The summed E-state index contributed by atoms with van der Waals surface area (Å²) in [6.07, 6.45) is 2.17. The number of rotatable bonds is 10. The maximum Gasteiger partial charge on any atom is 0.230 e. The predicted octanol–water partition coefficient (Wildman–Crippen LogP) is 5.45. The standard InChI is InChI=1S/C24H27ClN4O2S/c1-16(2)23(17-8-4-3-5-9-17)26-22(30)15-32-24-28-27-21(29(24)18-12-13-18)14-31-20-11-7-6-10-19(20)25/h3-11,16,18,23H,12-15H2,1-2H3,(H,26,30). The van der Waals surface area contributed by atoms with Gasteiger partial charge in [-0.2, -0.15) is 0 Å². The largest absolute Gasteiger partial charge is 0.484 e. The molecule has 168 valence electrons. The molecule has 1 aliphatic carbocycles. The third kappa shape index (κ3) is 5.64. The second-order valence-electron chi connectivity index (χ2n) is 8.21. The van der Waals surface area contributed by atoms with Gasteiger partial charge in [0.2, 0.25) is 5.91 Å². The molecular weight excluding hydrogens is 444 g/mol. The lowest BCUT2D eigenvalue weighted by Gasteiger charge is -2.22. The Balaban J connectivity index is 1.39. The van der Waals surface area contributed by atoms with Crippen LogP contribution in [0.2, 0.25) is 5.02 Å². The van der Waals surface area contributed by atoms with Crippen molar-refractivity contribution in [2.45, 2.75) is 50.5 Å². The summed E-state index contributed by atoms with van der Waals surface area (Å²) < 4.78 is 7.97. The van der Waals surface area contributed by atoms with Crippen molar-refractivity contribution in [3.63, 3.8) is 0 Å². The predicted molar refractivity (Wildman–Crippen MR) is 127 cm³/mol. The van der Waals surface area contributed by atoms with Crippen LogP contribution in [0.1, 0.15) is 50.2 Å². The Kier molecular flexibility index (Phi) is 7.37. The zero-order valence-corrected chi connectivity index (χ0v) is 19.8. The topological polar surface area (TPSA) is 69.0 Å². The molecule has 0 bridgehead atoms. The van der Waals surface area contributed by atoms with Crippen LogP contribution in [0.3, 0.4) is 0 Å². The number of nitrogens with one attached hydrogen (secondary N) is 1. The summed E-state index contributed by atoms with van der Waals surface area (Å²) in [4.78, 5) is 12.7. The Hall–Kier alpha value is -2.51. The number of halogens is 1. The minimum atomic E-state index is -0.0230. The number of hydrogen-bond donors (Lipinski definition) is 1. The fraction of sp³-hybridized carbons (Fsp3) is 0.375. The molecular formula is C24H27ClN4O2S. The third-order valence-electron chi connectivity index (χ3n) is 5.31. The molecule has 1 saturated carbocycles. The fourth-order valence-electron chi connectivity index (χ4n) is 3.55. The normalized spacial score (nSPS) is 14.4. The number of para-hydroxylation sites is 1. The van der Waals surface area contributed by atoms with Crippen molar-refractivity contribution in [3.8, 4) is 5.75 Å². The molecule has 0 saturated heterocycles. The smallest absolute Gasteiger partial charge is 0.230 e. The summed E-state index contributed by atoms with van der Waals surface area (Å²) in [6.45, 7) is 4.50. The van der Waals surface area contributed by atoms with Gasteiger partial charge in [-0.1, -0.05) is 79.7 Å². The number of carbonyl (C=O) groups excluding carboxylic acids is 1. The molecule has 1 amide bonds. The number of nitrogens with zero attached hydrogens (tertiary/aromatic N) is 3. The van der Waals surface area contributed by atoms with Crippen LogP contribution in [-0.2, 0) is 11.4 Å². The van der Waals surface area contributed by atoms with Gasteiger partial charge in [-0.3, -0.25) is 9.36 Å². The Morgan fingerprint density at radius 1 is 1.16 bits per heavy atom. The van der Waals surface area contributed by atoms with E-state index in [0.29, 0.717) is 16.8 Å². The average molecular weight is 471 g/mol. The molecule has 1 atom stereocenters. The number of thioether (sulfide) groups is 1. The van der Waals surface area contributed by atoms with Crippen LogP contribution in [0.25, 0.3) is 0 Å². The zero-order chi connectivity index (χ0) is 22.5. The highest BCUT2D eigenvalue weighted by atomic mass is 35.5. The highest BCUT2D eigenvalue weighted by Gasteiger charge is 2.30. The van der Waals surface area contributed by atoms with E-state index < -0.39 is 0 Å². The molecule has 1 heterocycles. The molecule has 1 unspecified atom stereocenters. The molecule has 6 nitrogen and oxygen atoms in total. The maximum atomic E-state index is 12.7. The fourth-order valence-corrected chi connectivity index (χ4v) is 4.57. The molecule has 1 N–H and O–H groups in total. The van der Waals surface area contributed by atoms with E-state index in [1.54, 1.807) is 6.07 Å². The van der Waals surface area contributed by atoms with Gasteiger partial charge in [0.25, 0.3) is 0 Å². The van der Waals surface area contributed by atoms with Crippen LogP contribution in [0, 0.1) is 5.92 Å². The second-order valence-corrected chi connectivity index (χ2v) is 9.56. The first kappa shape index (κ1) is 22.7. The van der Waals surface area contributed by atoms with Gasteiger partial charge in [-0.25, -0.2) is 0 Å². The van der Waals surface area contributed by atoms with Gasteiger partial charge in [-0.15, -0.1) is 10.2 Å². The molecule has 0 radical (unpaired) electrons. The van der Waals surface area contributed by atoms with Crippen molar-refractivity contribution >= 4 is 29.3 Å². The van der Waals surface area contributed by atoms with Gasteiger partial charge in [0.1, 0.15) is 12.4 Å². The lowest BCUT2D eigenvalue weighted by molar-refractivity contribution is -0.119. The Morgan fingerprint density at radius 2 is 1.88 bits per heavy atom. The number of benzene rings is 2. The van der Waals surface area contributed by atoms with Crippen molar-refractivity contribution in [1.82, 2.24) is 20.1 Å². The van der Waals surface area contributed by atoms with Gasteiger partial charge in [0, 0.05) is 6.04 Å².